The first-order chi connectivity index (χ1) is 11.2. The minimum Gasteiger partial charge on any atom is -0.494 e. The lowest BCUT2D eigenvalue weighted by Gasteiger charge is -2.34. The monoisotopic (exact) mass is 318 g/mol. The second-order valence-corrected chi connectivity index (χ2v) is 5.75. The van der Waals surface area contributed by atoms with Crippen LogP contribution in [0.2, 0.25) is 0 Å². The lowest BCUT2D eigenvalue weighted by Crippen LogP contribution is -2.50. The van der Waals surface area contributed by atoms with Crippen molar-refractivity contribution in [1.29, 1.82) is 0 Å². The predicted molar refractivity (Wildman–Crippen MR) is 89.6 cm³/mol. The lowest BCUT2D eigenvalue weighted by molar-refractivity contribution is -0.132. The van der Waals surface area contributed by atoms with Gasteiger partial charge < -0.3 is 14.5 Å². The SMILES string of the molecule is CCCCOc1ccc(C(=O)N2CCN(C(=O)CC)CC2)cc1. The molecule has 1 saturated heterocycles. The normalized spacial score (nSPS) is 14.7. The number of piperazine rings is 1. The molecule has 1 fully saturated rings. The molecule has 0 aliphatic carbocycles. The molecular weight excluding hydrogens is 292 g/mol. The number of benzene rings is 1. The highest BCUT2D eigenvalue weighted by Crippen LogP contribution is 2.15. The van der Waals surface area contributed by atoms with Crippen LogP contribution in [0.5, 0.6) is 5.75 Å². The van der Waals surface area contributed by atoms with E-state index in [9.17, 15) is 9.59 Å². The van der Waals surface area contributed by atoms with Crippen LogP contribution in [-0.2, 0) is 4.79 Å². The second kappa shape index (κ2) is 8.56. The zero-order chi connectivity index (χ0) is 16.7. The second-order valence-electron chi connectivity index (χ2n) is 5.75. The molecule has 1 aliphatic heterocycles. The highest BCUT2D eigenvalue weighted by molar-refractivity contribution is 5.94. The van der Waals surface area contributed by atoms with Gasteiger partial charge >= 0.3 is 0 Å². The van der Waals surface area contributed by atoms with Gasteiger partial charge in [0.05, 0.1) is 6.61 Å². The van der Waals surface area contributed by atoms with Crippen LogP contribution in [0.25, 0.3) is 0 Å². The zero-order valence-electron chi connectivity index (χ0n) is 14.1. The van der Waals surface area contributed by atoms with E-state index in [4.69, 9.17) is 4.74 Å². The first kappa shape index (κ1) is 17.3. The molecule has 5 heteroatoms. The summed E-state index contributed by atoms with van der Waals surface area (Å²) in [4.78, 5) is 27.8. The Morgan fingerprint density at radius 3 is 2.17 bits per heavy atom. The molecule has 0 atom stereocenters. The molecule has 1 aromatic carbocycles. The molecule has 1 aromatic rings. The highest BCUT2D eigenvalue weighted by atomic mass is 16.5. The highest BCUT2D eigenvalue weighted by Gasteiger charge is 2.23. The molecule has 1 aliphatic rings. The van der Waals surface area contributed by atoms with Crippen molar-refractivity contribution in [2.24, 2.45) is 0 Å². The van der Waals surface area contributed by atoms with Crippen molar-refractivity contribution in [3.8, 4) is 5.75 Å². The molecular formula is C18H26N2O3. The first-order valence-electron chi connectivity index (χ1n) is 8.45. The van der Waals surface area contributed by atoms with Gasteiger partial charge in [0.1, 0.15) is 5.75 Å². The Kier molecular flexibility index (Phi) is 6.44. The van der Waals surface area contributed by atoms with E-state index in [-0.39, 0.29) is 11.8 Å². The summed E-state index contributed by atoms with van der Waals surface area (Å²) >= 11 is 0. The van der Waals surface area contributed by atoms with E-state index in [0.717, 1.165) is 18.6 Å². The molecule has 0 unspecified atom stereocenters. The Morgan fingerprint density at radius 1 is 1.00 bits per heavy atom. The van der Waals surface area contributed by atoms with E-state index in [1.165, 1.54) is 0 Å². The fraction of sp³-hybridized carbons (Fsp3) is 0.556. The number of carbonyl (C=O) groups is 2. The summed E-state index contributed by atoms with van der Waals surface area (Å²) in [6.45, 7) is 7.13. The number of carbonyl (C=O) groups excluding carboxylic acids is 2. The standard InChI is InChI=1S/C18H26N2O3/c1-3-5-14-23-16-8-6-15(7-9-16)18(22)20-12-10-19(11-13-20)17(21)4-2/h6-9H,3-5,10-14H2,1-2H3. The maximum atomic E-state index is 12.5. The Balaban J connectivity index is 1.87. The molecule has 0 spiro atoms. The van der Waals surface area contributed by atoms with Crippen LogP contribution in [0.4, 0.5) is 0 Å². The average Bonchev–Trinajstić information content (AvgIpc) is 2.61. The van der Waals surface area contributed by atoms with E-state index >= 15 is 0 Å². The topological polar surface area (TPSA) is 49.9 Å². The van der Waals surface area contributed by atoms with Gasteiger partial charge in [-0.05, 0) is 30.7 Å². The van der Waals surface area contributed by atoms with Crippen molar-refractivity contribution in [3.63, 3.8) is 0 Å². The van der Waals surface area contributed by atoms with E-state index in [0.29, 0.717) is 44.8 Å². The van der Waals surface area contributed by atoms with Gasteiger partial charge in [0.25, 0.3) is 5.91 Å². The number of rotatable bonds is 6. The van der Waals surface area contributed by atoms with E-state index in [2.05, 4.69) is 6.92 Å². The van der Waals surface area contributed by atoms with Crippen molar-refractivity contribution < 1.29 is 14.3 Å². The fourth-order valence-corrected chi connectivity index (χ4v) is 2.59. The molecule has 0 radical (unpaired) electrons. The molecule has 23 heavy (non-hydrogen) atoms. The van der Waals surface area contributed by atoms with Gasteiger partial charge in [-0.1, -0.05) is 20.3 Å². The van der Waals surface area contributed by atoms with Crippen LogP contribution >= 0.6 is 0 Å². The van der Waals surface area contributed by atoms with Crippen molar-refractivity contribution in [1.82, 2.24) is 9.80 Å². The number of hydrogen-bond donors (Lipinski definition) is 0. The Labute approximate surface area is 138 Å². The van der Waals surface area contributed by atoms with E-state index < -0.39 is 0 Å². The Hall–Kier alpha value is -2.04. The minimum atomic E-state index is 0.0219. The van der Waals surface area contributed by atoms with Crippen molar-refractivity contribution in [2.45, 2.75) is 33.1 Å². The van der Waals surface area contributed by atoms with Crippen LogP contribution in [0, 0.1) is 0 Å². The van der Waals surface area contributed by atoms with Gasteiger partial charge in [0.2, 0.25) is 5.91 Å². The molecule has 0 aromatic heterocycles. The number of nitrogens with zero attached hydrogens (tertiary/aromatic N) is 2. The Bertz CT molecular complexity index is 520. The summed E-state index contributed by atoms with van der Waals surface area (Å²) in [5.41, 5.74) is 0.670. The van der Waals surface area contributed by atoms with Crippen molar-refractivity contribution in [2.75, 3.05) is 32.8 Å². The maximum absolute atomic E-state index is 12.5. The number of amides is 2. The zero-order valence-corrected chi connectivity index (χ0v) is 14.1. The van der Waals surface area contributed by atoms with Crippen LogP contribution in [0.15, 0.2) is 24.3 Å². The summed E-state index contributed by atoms with van der Waals surface area (Å²) in [6, 6.07) is 7.32. The van der Waals surface area contributed by atoms with E-state index in [1.54, 1.807) is 0 Å². The van der Waals surface area contributed by atoms with Crippen LogP contribution in [0.1, 0.15) is 43.5 Å². The van der Waals surface area contributed by atoms with Gasteiger partial charge in [0, 0.05) is 38.2 Å². The van der Waals surface area contributed by atoms with Gasteiger partial charge in [-0.15, -0.1) is 0 Å². The third-order valence-electron chi connectivity index (χ3n) is 4.09. The summed E-state index contributed by atoms with van der Waals surface area (Å²) in [6.07, 6.45) is 2.65. The average molecular weight is 318 g/mol. The van der Waals surface area contributed by atoms with Crippen LogP contribution in [-0.4, -0.2) is 54.4 Å². The van der Waals surface area contributed by atoms with E-state index in [1.807, 2.05) is 41.0 Å². The molecule has 0 bridgehead atoms. The summed E-state index contributed by atoms with van der Waals surface area (Å²) < 4.78 is 5.61. The third-order valence-corrected chi connectivity index (χ3v) is 4.09. The Morgan fingerprint density at radius 2 is 1.61 bits per heavy atom. The lowest BCUT2D eigenvalue weighted by atomic mass is 10.1. The van der Waals surface area contributed by atoms with Crippen molar-refractivity contribution >= 4 is 11.8 Å². The molecule has 2 amide bonds. The fourth-order valence-electron chi connectivity index (χ4n) is 2.59. The molecule has 5 nitrogen and oxygen atoms in total. The van der Waals surface area contributed by atoms with Gasteiger partial charge in [-0.3, -0.25) is 9.59 Å². The molecule has 0 N–H and O–H groups in total. The number of hydrogen-bond acceptors (Lipinski definition) is 3. The summed E-state index contributed by atoms with van der Waals surface area (Å²) in [7, 11) is 0. The first-order valence-corrected chi connectivity index (χ1v) is 8.45. The largest absolute Gasteiger partial charge is 0.494 e. The van der Waals surface area contributed by atoms with Gasteiger partial charge in [-0.2, -0.15) is 0 Å². The third kappa shape index (κ3) is 4.71. The molecule has 126 valence electrons. The van der Waals surface area contributed by atoms with Gasteiger partial charge in [0.15, 0.2) is 0 Å². The van der Waals surface area contributed by atoms with Crippen molar-refractivity contribution in [3.05, 3.63) is 29.8 Å². The van der Waals surface area contributed by atoms with Crippen LogP contribution in [0.3, 0.4) is 0 Å². The predicted octanol–water partition coefficient (Wildman–Crippen LogP) is 2.56. The minimum absolute atomic E-state index is 0.0219. The quantitative estimate of drug-likeness (QED) is 0.758. The molecule has 0 saturated carbocycles. The summed E-state index contributed by atoms with van der Waals surface area (Å²) in [5, 5.41) is 0. The molecule has 2 rings (SSSR count). The number of unbranched alkanes of at least 4 members (excludes halogenated alkanes) is 1. The molecule has 1 heterocycles. The summed E-state index contributed by atoms with van der Waals surface area (Å²) in [5.74, 6) is 0.979. The number of ether oxygens (including phenoxy) is 1. The smallest absolute Gasteiger partial charge is 0.253 e. The van der Waals surface area contributed by atoms with Crippen LogP contribution < -0.4 is 4.74 Å². The van der Waals surface area contributed by atoms with Gasteiger partial charge in [-0.25, -0.2) is 0 Å². The maximum Gasteiger partial charge on any atom is 0.253 e.